The van der Waals surface area contributed by atoms with Crippen LogP contribution in [0.3, 0.4) is 0 Å². The van der Waals surface area contributed by atoms with Crippen LogP contribution in [-0.4, -0.2) is 35.8 Å². The molecule has 4 aromatic rings. The highest BCUT2D eigenvalue weighted by atomic mass is 32.2. The van der Waals surface area contributed by atoms with Crippen LogP contribution in [-0.2, 0) is 15.1 Å². The number of nitriles is 1. The van der Waals surface area contributed by atoms with Gasteiger partial charge in [-0.2, -0.15) is 9.62 Å². The predicted octanol–water partition coefficient (Wildman–Crippen LogP) is 2.83. The van der Waals surface area contributed by atoms with E-state index in [1.807, 2.05) is 6.07 Å². The summed E-state index contributed by atoms with van der Waals surface area (Å²) in [5.74, 6) is 0.318. The van der Waals surface area contributed by atoms with Crippen molar-refractivity contribution >= 4 is 39.2 Å². The first-order valence-electron chi connectivity index (χ1n) is 9.54. The number of fused-ring (bicyclic) bond motifs is 1. The van der Waals surface area contributed by atoms with Crippen LogP contribution in [0.25, 0.3) is 16.7 Å². The second kappa shape index (κ2) is 9.15. The van der Waals surface area contributed by atoms with E-state index in [9.17, 15) is 13.9 Å². The Morgan fingerprint density at radius 3 is 2.91 bits per heavy atom. The van der Waals surface area contributed by atoms with Gasteiger partial charge in [-0.05, 0) is 25.1 Å². The molecule has 0 spiro atoms. The van der Waals surface area contributed by atoms with Gasteiger partial charge in [0.2, 0.25) is 0 Å². The number of pyridine rings is 1. The molecule has 0 saturated carbocycles. The molecule has 1 unspecified atom stereocenters. The summed E-state index contributed by atoms with van der Waals surface area (Å²) in [6.45, 7) is 1.80. The summed E-state index contributed by atoms with van der Waals surface area (Å²) in [7, 11) is -0.961. The molecule has 2 atom stereocenters. The molecule has 3 aromatic heterocycles. The monoisotopic (exact) mass is 467 g/mol. The molecule has 3 N–H and O–H groups in total. The molecule has 0 saturated heterocycles. The first-order chi connectivity index (χ1) is 15.9. The summed E-state index contributed by atoms with van der Waals surface area (Å²) in [5.41, 5.74) is 7.73. The molecule has 0 bridgehead atoms. The lowest BCUT2D eigenvalue weighted by Gasteiger charge is -2.17. The number of anilines is 2. The molecule has 4 rings (SSSR count). The molecule has 0 aliphatic heterocycles. The first-order valence-corrected chi connectivity index (χ1v) is 10.7. The van der Waals surface area contributed by atoms with Gasteiger partial charge in [-0.15, -0.1) is 0 Å². The third kappa shape index (κ3) is 4.43. The van der Waals surface area contributed by atoms with Gasteiger partial charge in [0.1, 0.15) is 41.2 Å². The van der Waals surface area contributed by atoms with Crippen molar-refractivity contribution in [3.8, 4) is 11.8 Å². The molecular formula is C20H18FN9O2S. The van der Waals surface area contributed by atoms with Crippen molar-refractivity contribution in [3.05, 3.63) is 60.2 Å². The van der Waals surface area contributed by atoms with Gasteiger partial charge < -0.3 is 11.1 Å². The Morgan fingerprint density at radius 2 is 2.15 bits per heavy atom. The van der Waals surface area contributed by atoms with E-state index in [1.165, 1.54) is 31.8 Å². The van der Waals surface area contributed by atoms with E-state index in [-0.39, 0.29) is 17.2 Å². The standard InChI is InChI=1S/C20H18FN9O2S/c1-11(27-19-15(7-22)18(23)25-10-26-19)20-28-16-4-3-12(21)5-17(16)30(20)14-6-13(8-24-9-14)29-33(31)32-2/h3-6,8-11,33H,1-2H3,(H3,23,25,26,27)/t11-/m0/s1. The Bertz CT molecular complexity index is 1470. The quantitative estimate of drug-likeness (QED) is 0.363. The molecule has 1 aromatic carbocycles. The summed E-state index contributed by atoms with van der Waals surface area (Å²) in [6, 6.07) is 7.33. The maximum Gasteiger partial charge on any atom is 0.157 e. The molecule has 0 fully saturated rings. The smallest absolute Gasteiger partial charge is 0.157 e. The van der Waals surface area contributed by atoms with Gasteiger partial charge in [-0.1, -0.05) is 0 Å². The van der Waals surface area contributed by atoms with Crippen LogP contribution >= 0.6 is 0 Å². The fourth-order valence-corrected chi connectivity index (χ4v) is 3.63. The third-order valence-electron chi connectivity index (χ3n) is 4.69. The number of imidazole rings is 1. The van der Waals surface area contributed by atoms with Crippen molar-refractivity contribution < 1.29 is 12.8 Å². The number of nitrogens with two attached hydrogens (primary N) is 1. The Kier molecular flexibility index (Phi) is 6.11. The van der Waals surface area contributed by atoms with Gasteiger partial charge >= 0.3 is 0 Å². The fourth-order valence-electron chi connectivity index (χ4n) is 3.25. The summed E-state index contributed by atoms with van der Waals surface area (Å²) in [4.78, 5) is 16.7. The molecule has 0 aliphatic carbocycles. The molecular weight excluding hydrogens is 449 g/mol. The van der Waals surface area contributed by atoms with Gasteiger partial charge in [0.15, 0.2) is 10.9 Å². The van der Waals surface area contributed by atoms with Crippen LogP contribution in [0.15, 0.2) is 47.3 Å². The zero-order valence-electron chi connectivity index (χ0n) is 17.5. The number of hydrogen-bond donors (Lipinski definition) is 3. The largest absolute Gasteiger partial charge is 0.382 e. The molecule has 168 valence electrons. The van der Waals surface area contributed by atoms with Gasteiger partial charge in [0.05, 0.1) is 48.0 Å². The number of nitrogens with zero attached hydrogens (tertiary/aromatic N) is 7. The summed E-state index contributed by atoms with van der Waals surface area (Å²) in [5, 5.41) is 12.5. The Hall–Kier alpha value is -4.15. The Morgan fingerprint density at radius 1 is 1.33 bits per heavy atom. The van der Waals surface area contributed by atoms with Gasteiger partial charge in [0, 0.05) is 6.07 Å². The van der Waals surface area contributed by atoms with Gasteiger partial charge in [-0.25, -0.2) is 23.6 Å². The molecule has 11 nitrogen and oxygen atoms in total. The predicted molar refractivity (Wildman–Crippen MR) is 121 cm³/mol. The van der Waals surface area contributed by atoms with Crippen LogP contribution in [0.2, 0.25) is 0 Å². The number of halogens is 1. The topological polar surface area (TPSA) is 157 Å². The number of aromatic nitrogens is 5. The van der Waals surface area contributed by atoms with Crippen LogP contribution in [0.1, 0.15) is 24.4 Å². The number of rotatable bonds is 6. The number of nitrogens with one attached hydrogen (secondary N) is 1. The number of hydrogen-bond acceptors (Lipinski definition) is 10. The molecule has 0 amide bonds. The summed E-state index contributed by atoms with van der Waals surface area (Å²) in [6.07, 6.45) is 4.22. The Labute approximate surface area is 189 Å². The van der Waals surface area contributed by atoms with Gasteiger partial charge in [0.25, 0.3) is 0 Å². The van der Waals surface area contributed by atoms with E-state index in [0.717, 1.165) is 0 Å². The SMILES string of the molecule is CO[SH](=O)=Nc1cncc(-n2c([C@H](C)Nc3ncnc(N)c3C#N)nc3ccc(F)cc32)c1. The molecule has 3 heterocycles. The lowest BCUT2D eigenvalue weighted by molar-refractivity contribution is 0.453. The van der Waals surface area contributed by atoms with Crippen LogP contribution in [0.4, 0.5) is 21.7 Å². The van der Waals surface area contributed by atoms with E-state index in [1.54, 1.807) is 29.8 Å². The lowest BCUT2D eigenvalue weighted by Crippen LogP contribution is -2.15. The van der Waals surface area contributed by atoms with Crippen LogP contribution < -0.4 is 11.1 Å². The zero-order chi connectivity index (χ0) is 23.5. The van der Waals surface area contributed by atoms with Crippen molar-refractivity contribution in [2.24, 2.45) is 4.36 Å². The minimum absolute atomic E-state index is 0.0449. The van der Waals surface area contributed by atoms with Crippen molar-refractivity contribution in [2.45, 2.75) is 13.0 Å². The van der Waals surface area contributed by atoms with Gasteiger partial charge in [-0.3, -0.25) is 13.7 Å². The minimum atomic E-state index is -2.25. The highest BCUT2D eigenvalue weighted by molar-refractivity contribution is 7.69. The molecule has 33 heavy (non-hydrogen) atoms. The number of thiol groups is 1. The van der Waals surface area contributed by atoms with E-state index in [2.05, 4.69) is 29.6 Å². The highest BCUT2D eigenvalue weighted by Crippen LogP contribution is 2.29. The third-order valence-corrected chi connectivity index (χ3v) is 5.40. The molecule has 0 radical (unpaired) electrons. The normalized spacial score (nSPS) is 13.0. The van der Waals surface area contributed by atoms with Crippen molar-refractivity contribution in [1.29, 1.82) is 5.26 Å². The fraction of sp³-hybridized carbons (Fsp3) is 0.150. The average molecular weight is 467 g/mol. The van der Waals surface area contributed by atoms with Crippen LogP contribution in [0.5, 0.6) is 0 Å². The number of nitrogen functional groups attached to an aromatic ring is 1. The maximum absolute atomic E-state index is 14.1. The van der Waals surface area contributed by atoms with Crippen molar-refractivity contribution in [2.75, 3.05) is 18.2 Å². The first kappa shape index (κ1) is 22.1. The number of benzene rings is 1. The highest BCUT2D eigenvalue weighted by Gasteiger charge is 2.21. The van der Waals surface area contributed by atoms with Crippen molar-refractivity contribution in [1.82, 2.24) is 24.5 Å². The van der Waals surface area contributed by atoms with E-state index < -0.39 is 22.7 Å². The van der Waals surface area contributed by atoms with E-state index in [4.69, 9.17) is 9.92 Å². The Balaban J connectivity index is 1.86. The minimum Gasteiger partial charge on any atom is -0.382 e. The summed E-state index contributed by atoms with van der Waals surface area (Å²) < 4.78 is 36.2. The van der Waals surface area contributed by atoms with Crippen molar-refractivity contribution in [3.63, 3.8) is 0 Å². The second-order valence-electron chi connectivity index (χ2n) is 6.82. The molecule has 13 heteroatoms. The lowest BCUT2D eigenvalue weighted by atomic mass is 10.2. The average Bonchev–Trinajstić information content (AvgIpc) is 3.18. The van der Waals surface area contributed by atoms with Crippen LogP contribution in [0, 0.1) is 17.1 Å². The molecule has 0 aliphatic rings. The van der Waals surface area contributed by atoms with E-state index in [0.29, 0.717) is 28.2 Å². The summed E-state index contributed by atoms with van der Waals surface area (Å²) >= 11 is 0. The second-order valence-corrected chi connectivity index (χ2v) is 7.86. The maximum atomic E-state index is 14.1. The van der Waals surface area contributed by atoms with E-state index >= 15 is 0 Å². The zero-order valence-corrected chi connectivity index (χ0v) is 18.4.